The Hall–Kier alpha value is -3.41. The largest absolute Gasteiger partial charge is 0.358 e. The molecular formula is C22H23N3O3. The molecule has 0 aliphatic rings. The number of aromatic amines is 1. The van der Waals surface area contributed by atoms with Gasteiger partial charge in [-0.15, -0.1) is 0 Å². The van der Waals surface area contributed by atoms with E-state index in [4.69, 9.17) is 0 Å². The molecule has 3 aromatic rings. The van der Waals surface area contributed by atoms with E-state index in [1.807, 2.05) is 43.3 Å². The van der Waals surface area contributed by atoms with Gasteiger partial charge in [0.15, 0.2) is 0 Å². The summed E-state index contributed by atoms with van der Waals surface area (Å²) in [4.78, 5) is 39.7. The molecule has 3 rings (SSSR count). The molecule has 0 fully saturated rings. The first-order valence-corrected chi connectivity index (χ1v) is 9.28. The lowest BCUT2D eigenvalue weighted by atomic mass is 10.1. The third-order valence-electron chi connectivity index (χ3n) is 4.49. The maximum Gasteiger partial charge on any atom is 0.292 e. The predicted octanol–water partition coefficient (Wildman–Crippen LogP) is 3.71. The van der Waals surface area contributed by atoms with Gasteiger partial charge in [-0.2, -0.15) is 0 Å². The Morgan fingerprint density at radius 2 is 1.71 bits per heavy atom. The number of aromatic nitrogens is 1. The number of aryl methyl sites for hydroxylation is 1. The van der Waals surface area contributed by atoms with Crippen LogP contribution in [0.15, 0.2) is 48.5 Å². The molecule has 0 unspecified atom stereocenters. The SMILES string of the molecule is CCCC(=O)Nc1ccc(CNC(=O)C(=O)c2c(C)[nH]c3ccccc23)cc1. The van der Waals surface area contributed by atoms with Crippen molar-refractivity contribution < 1.29 is 14.4 Å². The molecule has 0 spiro atoms. The number of rotatable bonds is 7. The topological polar surface area (TPSA) is 91.1 Å². The van der Waals surface area contributed by atoms with Crippen LogP contribution in [0.5, 0.6) is 0 Å². The smallest absolute Gasteiger partial charge is 0.292 e. The molecular weight excluding hydrogens is 354 g/mol. The molecule has 1 heterocycles. The average Bonchev–Trinajstić information content (AvgIpc) is 3.02. The predicted molar refractivity (Wildman–Crippen MR) is 109 cm³/mol. The Bertz CT molecular complexity index is 1020. The second kappa shape index (κ2) is 8.52. The van der Waals surface area contributed by atoms with Crippen LogP contribution in [0, 0.1) is 6.92 Å². The lowest BCUT2D eigenvalue weighted by molar-refractivity contribution is -0.117. The molecule has 6 heteroatoms. The third-order valence-corrected chi connectivity index (χ3v) is 4.49. The number of ketones is 1. The number of anilines is 1. The van der Waals surface area contributed by atoms with Crippen molar-refractivity contribution in [3.63, 3.8) is 0 Å². The molecule has 0 aliphatic carbocycles. The van der Waals surface area contributed by atoms with Gasteiger partial charge in [0.2, 0.25) is 5.91 Å². The number of H-pyrrole nitrogens is 1. The summed E-state index contributed by atoms with van der Waals surface area (Å²) in [5.74, 6) is -1.23. The zero-order chi connectivity index (χ0) is 20.1. The summed E-state index contributed by atoms with van der Waals surface area (Å²) < 4.78 is 0. The number of carbonyl (C=O) groups excluding carboxylic acids is 3. The number of para-hydroxylation sites is 1. The van der Waals surface area contributed by atoms with Crippen LogP contribution in [-0.2, 0) is 16.1 Å². The van der Waals surface area contributed by atoms with E-state index in [1.54, 1.807) is 19.1 Å². The van der Waals surface area contributed by atoms with Gasteiger partial charge in [-0.25, -0.2) is 0 Å². The molecule has 0 bridgehead atoms. The van der Waals surface area contributed by atoms with Gasteiger partial charge < -0.3 is 15.6 Å². The Morgan fingerprint density at radius 3 is 2.43 bits per heavy atom. The normalized spacial score (nSPS) is 10.6. The summed E-state index contributed by atoms with van der Waals surface area (Å²) in [5, 5.41) is 6.22. The highest BCUT2D eigenvalue weighted by Gasteiger charge is 2.22. The monoisotopic (exact) mass is 377 g/mol. The zero-order valence-electron chi connectivity index (χ0n) is 16.0. The number of hydrogen-bond donors (Lipinski definition) is 3. The summed E-state index contributed by atoms with van der Waals surface area (Å²) in [6.07, 6.45) is 1.27. The summed E-state index contributed by atoms with van der Waals surface area (Å²) in [5.41, 5.74) is 3.46. The van der Waals surface area contributed by atoms with Crippen LogP contribution >= 0.6 is 0 Å². The maximum atomic E-state index is 12.6. The fraction of sp³-hybridized carbons (Fsp3) is 0.227. The van der Waals surface area contributed by atoms with Crippen LogP contribution in [-0.4, -0.2) is 22.6 Å². The highest BCUT2D eigenvalue weighted by atomic mass is 16.2. The highest BCUT2D eigenvalue weighted by molar-refractivity contribution is 6.45. The van der Waals surface area contributed by atoms with Crippen LogP contribution in [0.2, 0.25) is 0 Å². The van der Waals surface area contributed by atoms with E-state index in [-0.39, 0.29) is 12.5 Å². The number of benzene rings is 2. The maximum absolute atomic E-state index is 12.6. The second-order valence-corrected chi connectivity index (χ2v) is 6.68. The molecule has 28 heavy (non-hydrogen) atoms. The van der Waals surface area contributed by atoms with Gasteiger partial charge in [0, 0.05) is 35.2 Å². The summed E-state index contributed by atoms with van der Waals surface area (Å²) in [6.45, 7) is 3.96. The third kappa shape index (κ3) is 4.28. The van der Waals surface area contributed by atoms with Crippen molar-refractivity contribution in [2.45, 2.75) is 33.2 Å². The Morgan fingerprint density at radius 1 is 1.00 bits per heavy atom. The van der Waals surface area contributed by atoms with Crippen LogP contribution in [0.4, 0.5) is 5.69 Å². The van der Waals surface area contributed by atoms with Gasteiger partial charge in [0.1, 0.15) is 0 Å². The van der Waals surface area contributed by atoms with Crippen molar-refractivity contribution in [3.8, 4) is 0 Å². The van der Waals surface area contributed by atoms with Crippen molar-refractivity contribution in [1.82, 2.24) is 10.3 Å². The number of carbonyl (C=O) groups is 3. The quantitative estimate of drug-likeness (QED) is 0.433. The van der Waals surface area contributed by atoms with Crippen molar-refractivity contribution in [2.24, 2.45) is 0 Å². The van der Waals surface area contributed by atoms with Gasteiger partial charge in [-0.05, 0) is 37.1 Å². The Balaban J connectivity index is 1.63. The van der Waals surface area contributed by atoms with Crippen LogP contribution < -0.4 is 10.6 Å². The number of fused-ring (bicyclic) bond motifs is 1. The molecule has 0 atom stereocenters. The molecule has 2 amide bonds. The molecule has 6 nitrogen and oxygen atoms in total. The van der Waals surface area contributed by atoms with Crippen molar-refractivity contribution in [3.05, 3.63) is 65.4 Å². The lowest BCUT2D eigenvalue weighted by Gasteiger charge is -2.07. The van der Waals surface area contributed by atoms with E-state index in [0.29, 0.717) is 23.4 Å². The Kier molecular flexibility index (Phi) is 5.89. The first-order valence-electron chi connectivity index (χ1n) is 9.28. The molecule has 3 N–H and O–H groups in total. The first-order chi connectivity index (χ1) is 13.5. The lowest BCUT2D eigenvalue weighted by Crippen LogP contribution is -2.30. The van der Waals surface area contributed by atoms with E-state index >= 15 is 0 Å². The molecule has 144 valence electrons. The molecule has 1 aromatic heterocycles. The van der Waals surface area contributed by atoms with E-state index in [1.165, 1.54) is 0 Å². The number of Topliss-reactive ketones (excluding diaryl/α,β-unsaturated/α-hetero) is 1. The van der Waals surface area contributed by atoms with Gasteiger partial charge >= 0.3 is 0 Å². The van der Waals surface area contributed by atoms with Crippen molar-refractivity contribution in [1.29, 1.82) is 0 Å². The minimum absolute atomic E-state index is 0.0248. The number of amides is 2. The minimum Gasteiger partial charge on any atom is -0.358 e. The molecule has 0 saturated heterocycles. The van der Waals surface area contributed by atoms with Crippen LogP contribution in [0.3, 0.4) is 0 Å². The summed E-state index contributed by atoms with van der Waals surface area (Å²) in [7, 11) is 0. The van der Waals surface area contributed by atoms with E-state index < -0.39 is 11.7 Å². The van der Waals surface area contributed by atoms with Gasteiger partial charge in [-0.3, -0.25) is 14.4 Å². The van der Waals surface area contributed by atoms with Crippen LogP contribution in [0.1, 0.15) is 41.4 Å². The van der Waals surface area contributed by atoms with E-state index in [9.17, 15) is 14.4 Å². The number of nitrogens with one attached hydrogen (secondary N) is 3. The minimum atomic E-state index is -0.645. The summed E-state index contributed by atoms with van der Waals surface area (Å²) >= 11 is 0. The fourth-order valence-electron chi connectivity index (χ4n) is 3.10. The molecule has 0 saturated carbocycles. The van der Waals surface area contributed by atoms with E-state index in [0.717, 1.165) is 22.9 Å². The zero-order valence-corrected chi connectivity index (χ0v) is 16.0. The standard InChI is InChI=1S/C22H23N3O3/c1-3-6-19(26)25-16-11-9-15(10-12-16)13-23-22(28)21(27)20-14(2)24-18-8-5-4-7-17(18)20/h4-5,7-12,24H,3,6,13H2,1-2H3,(H,23,28)(H,25,26). The van der Waals surface area contributed by atoms with Gasteiger partial charge in [0.25, 0.3) is 11.7 Å². The van der Waals surface area contributed by atoms with Crippen molar-refractivity contribution in [2.75, 3.05) is 5.32 Å². The average molecular weight is 377 g/mol. The van der Waals surface area contributed by atoms with E-state index in [2.05, 4.69) is 15.6 Å². The molecule has 2 aromatic carbocycles. The van der Waals surface area contributed by atoms with Gasteiger partial charge in [0.05, 0.1) is 5.56 Å². The Labute approximate surface area is 163 Å². The summed E-state index contributed by atoms with van der Waals surface area (Å²) in [6, 6.07) is 14.6. The highest BCUT2D eigenvalue weighted by Crippen LogP contribution is 2.22. The second-order valence-electron chi connectivity index (χ2n) is 6.68. The van der Waals surface area contributed by atoms with Crippen molar-refractivity contribution >= 4 is 34.2 Å². The number of hydrogen-bond acceptors (Lipinski definition) is 3. The molecule has 0 aliphatic heterocycles. The fourth-order valence-corrected chi connectivity index (χ4v) is 3.10. The van der Waals surface area contributed by atoms with Crippen LogP contribution in [0.25, 0.3) is 10.9 Å². The van der Waals surface area contributed by atoms with Gasteiger partial charge in [-0.1, -0.05) is 37.3 Å². The first kappa shape index (κ1) is 19.4. The molecule has 0 radical (unpaired) electrons.